The monoisotopic (exact) mass is 273 g/mol. The predicted molar refractivity (Wildman–Crippen MR) is 78.2 cm³/mol. The van der Waals surface area contributed by atoms with Crippen LogP contribution in [-0.2, 0) is 13.2 Å². The average molecular weight is 273 g/mol. The SMILES string of the molecule is COc1ccc(COc2ccc(CN)cc2OC)cc1. The summed E-state index contributed by atoms with van der Waals surface area (Å²) in [7, 11) is 3.27. The summed E-state index contributed by atoms with van der Waals surface area (Å²) in [6.07, 6.45) is 0. The molecule has 2 aromatic carbocycles. The van der Waals surface area contributed by atoms with Crippen LogP contribution in [0.3, 0.4) is 0 Å². The third kappa shape index (κ3) is 3.42. The van der Waals surface area contributed by atoms with Crippen molar-refractivity contribution in [1.82, 2.24) is 0 Å². The Morgan fingerprint density at radius 3 is 2.15 bits per heavy atom. The fourth-order valence-electron chi connectivity index (χ4n) is 1.84. The Bertz CT molecular complexity index is 552. The summed E-state index contributed by atoms with van der Waals surface area (Å²) in [4.78, 5) is 0. The number of methoxy groups -OCH3 is 2. The van der Waals surface area contributed by atoms with Gasteiger partial charge >= 0.3 is 0 Å². The number of nitrogens with two attached hydrogens (primary N) is 1. The van der Waals surface area contributed by atoms with E-state index >= 15 is 0 Å². The Morgan fingerprint density at radius 2 is 1.55 bits per heavy atom. The maximum absolute atomic E-state index is 5.78. The second-order valence-corrected chi connectivity index (χ2v) is 4.33. The van der Waals surface area contributed by atoms with Gasteiger partial charge in [-0.1, -0.05) is 18.2 Å². The summed E-state index contributed by atoms with van der Waals surface area (Å²) in [6, 6.07) is 13.5. The van der Waals surface area contributed by atoms with E-state index in [4.69, 9.17) is 19.9 Å². The number of ether oxygens (including phenoxy) is 3. The minimum atomic E-state index is 0.475. The van der Waals surface area contributed by atoms with Crippen molar-refractivity contribution in [1.29, 1.82) is 0 Å². The van der Waals surface area contributed by atoms with Crippen LogP contribution in [0.2, 0.25) is 0 Å². The Kier molecular flexibility index (Phi) is 4.85. The van der Waals surface area contributed by atoms with Gasteiger partial charge in [-0.15, -0.1) is 0 Å². The first-order valence-electron chi connectivity index (χ1n) is 6.39. The molecule has 4 nitrogen and oxygen atoms in total. The topological polar surface area (TPSA) is 53.7 Å². The molecular weight excluding hydrogens is 254 g/mol. The maximum Gasteiger partial charge on any atom is 0.161 e. The summed E-state index contributed by atoms with van der Waals surface area (Å²) in [5.74, 6) is 2.24. The molecule has 0 atom stereocenters. The van der Waals surface area contributed by atoms with Crippen molar-refractivity contribution in [3.8, 4) is 17.2 Å². The van der Waals surface area contributed by atoms with Gasteiger partial charge in [-0.3, -0.25) is 0 Å². The quantitative estimate of drug-likeness (QED) is 0.879. The molecule has 0 radical (unpaired) electrons. The van der Waals surface area contributed by atoms with Crippen molar-refractivity contribution in [2.24, 2.45) is 5.73 Å². The van der Waals surface area contributed by atoms with E-state index in [0.29, 0.717) is 24.7 Å². The molecule has 106 valence electrons. The summed E-state index contributed by atoms with van der Waals surface area (Å²) < 4.78 is 16.2. The molecule has 0 spiro atoms. The summed E-state index contributed by atoms with van der Waals surface area (Å²) in [5, 5.41) is 0. The van der Waals surface area contributed by atoms with Crippen LogP contribution in [-0.4, -0.2) is 14.2 Å². The van der Waals surface area contributed by atoms with Crippen LogP contribution in [0.1, 0.15) is 11.1 Å². The zero-order chi connectivity index (χ0) is 14.4. The van der Waals surface area contributed by atoms with E-state index in [1.807, 2.05) is 42.5 Å². The molecule has 0 bridgehead atoms. The number of hydrogen-bond acceptors (Lipinski definition) is 4. The van der Waals surface area contributed by atoms with Crippen molar-refractivity contribution in [3.63, 3.8) is 0 Å². The Morgan fingerprint density at radius 1 is 0.850 bits per heavy atom. The lowest BCUT2D eigenvalue weighted by Crippen LogP contribution is -2.00. The van der Waals surface area contributed by atoms with Crippen molar-refractivity contribution >= 4 is 0 Å². The first kappa shape index (κ1) is 14.2. The predicted octanol–water partition coefficient (Wildman–Crippen LogP) is 2.74. The first-order valence-corrected chi connectivity index (χ1v) is 6.39. The highest BCUT2D eigenvalue weighted by molar-refractivity contribution is 5.43. The summed E-state index contributed by atoms with van der Waals surface area (Å²) >= 11 is 0. The van der Waals surface area contributed by atoms with Crippen LogP contribution in [0.25, 0.3) is 0 Å². The molecule has 0 fully saturated rings. The Balaban J connectivity index is 2.05. The van der Waals surface area contributed by atoms with Gasteiger partial charge in [0.2, 0.25) is 0 Å². The molecule has 0 unspecified atom stereocenters. The molecule has 0 heterocycles. The molecule has 0 aromatic heterocycles. The smallest absolute Gasteiger partial charge is 0.161 e. The fourth-order valence-corrected chi connectivity index (χ4v) is 1.84. The van der Waals surface area contributed by atoms with E-state index in [9.17, 15) is 0 Å². The van der Waals surface area contributed by atoms with E-state index in [1.54, 1.807) is 14.2 Å². The van der Waals surface area contributed by atoms with Gasteiger partial charge in [0, 0.05) is 6.54 Å². The molecule has 0 aliphatic carbocycles. The van der Waals surface area contributed by atoms with E-state index in [-0.39, 0.29) is 0 Å². The molecule has 4 heteroatoms. The van der Waals surface area contributed by atoms with Gasteiger partial charge in [-0.2, -0.15) is 0 Å². The van der Waals surface area contributed by atoms with Gasteiger partial charge in [0.25, 0.3) is 0 Å². The number of hydrogen-bond donors (Lipinski definition) is 1. The Hall–Kier alpha value is -2.20. The third-order valence-corrected chi connectivity index (χ3v) is 3.02. The van der Waals surface area contributed by atoms with Crippen LogP contribution in [0, 0.1) is 0 Å². The highest BCUT2D eigenvalue weighted by atomic mass is 16.5. The lowest BCUT2D eigenvalue weighted by Gasteiger charge is -2.12. The largest absolute Gasteiger partial charge is 0.497 e. The molecule has 0 aliphatic rings. The maximum atomic E-state index is 5.78. The van der Waals surface area contributed by atoms with Crippen molar-refractivity contribution in [2.45, 2.75) is 13.2 Å². The van der Waals surface area contributed by atoms with Gasteiger partial charge in [0.15, 0.2) is 11.5 Å². The standard InChI is InChI=1S/C16H19NO3/c1-18-14-6-3-12(4-7-14)11-20-15-8-5-13(10-17)9-16(15)19-2/h3-9H,10-11,17H2,1-2H3. The van der Waals surface area contributed by atoms with Gasteiger partial charge in [-0.05, 0) is 35.4 Å². The molecular formula is C16H19NO3. The van der Waals surface area contributed by atoms with Crippen LogP contribution in [0.15, 0.2) is 42.5 Å². The van der Waals surface area contributed by atoms with E-state index in [2.05, 4.69) is 0 Å². The van der Waals surface area contributed by atoms with Crippen LogP contribution >= 0.6 is 0 Å². The normalized spacial score (nSPS) is 10.2. The zero-order valence-corrected chi connectivity index (χ0v) is 11.8. The summed E-state index contributed by atoms with van der Waals surface area (Å²) in [5.41, 5.74) is 7.69. The molecule has 2 N–H and O–H groups in total. The Labute approximate surface area is 119 Å². The lowest BCUT2D eigenvalue weighted by molar-refractivity contribution is 0.284. The van der Waals surface area contributed by atoms with Crippen molar-refractivity contribution in [3.05, 3.63) is 53.6 Å². The van der Waals surface area contributed by atoms with Crippen LogP contribution < -0.4 is 19.9 Å². The van der Waals surface area contributed by atoms with Gasteiger partial charge in [-0.25, -0.2) is 0 Å². The molecule has 0 aliphatic heterocycles. The van der Waals surface area contributed by atoms with Gasteiger partial charge < -0.3 is 19.9 Å². The molecule has 20 heavy (non-hydrogen) atoms. The fraction of sp³-hybridized carbons (Fsp3) is 0.250. The second kappa shape index (κ2) is 6.82. The van der Waals surface area contributed by atoms with Gasteiger partial charge in [0.1, 0.15) is 12.4 Å². The lowest BCUT2D eigenvalue weighted by atomic mass is 10.2. The van der Waals surface area contributed by atoms with Crippen LogP contribution in [0.4, 0.5) is 0 Å². The number of rotatable bonds is 6. The van der Waals surface area contributed by atoms with Crippen molar-refractivity contribution < 1.29 is 14.2 Å². The average Bonchev–Trinajstić information content (AvgIpc) is 2.53. The summed E-state index contributed by atoms with van der Waals surface area (Å²) in [6.45, 7) is 0.956. The highest BCUT2D eigenvalue weighted by Gasteiger charge is 2.05. The third-order valence-electron chi connectivity index (χ3n) is 3.02. The molecule has 0 amide bonds. The minimum absolute atomic E-state index is 0.475. The number of benzene rings is 2. The van der Waals surface area contributed by atoms with E-state index < -0.39 is 0 Å². The van der Waals surface area contributed by atoms with Crippen molar-refractivity contribution in [2.75, 3.05) is 14.2 Å². The molecule has 0 saturated heterocycles. The van der Waals surface area contributed by atoms with Crippen LogP contribution in [0.5, 0.6) is 17.2 Å². The minimum Gasteiger partial charge on any atom is -0.497 e. The first-order chi connectivity index (χ1) is 9.76. The van der Waals surface area contributed by atoms with E-state index in [1.165, 1.54) is 0 Å². The molecule has 2 rings (SSSR count). The van der Waals surface area contributed by atoms with Gasteiger partial charge in [0.05, 0.1) is 14.2 Å². The molecule has 2 aromatic rings. The molecule has 0 saturated carbocycles. The zero-order valence-electron chi connectivity index (χ0n) is 11.8. The highest BCUT2D eigenvalue weighted by Crippen LogP contribution is 2.28. The second-order valence-electron chi connectivity index (χ2n) is 4.33. The van der Waals surface area contributed by atoms with E-state index in [0.717, 1.165) is 16.9 Å².